The molecule has 6 nitrogen and oxygen atoms in total. The van der Waals surface area contributed by atoms with Crippen LogP contribution in [0, 0.1) is 11.7 Å². The number of ether oxygens (including phenoxy) is 2. The molecule has 0 unspecified atom stereocenters. The number of para-hydroxylation sites is 1. The molecule has 0 bridgehead atoms. The normalized spacial score (nSPS) is 16.8. The van der Waals surface area contributed by atoms with E-state index in [0.717, 1.165) is 6.07 Å². The molecule has 1 N–H and O–H groups in total. The lowest BCUT2D eigenvalue weighted by Crippen LogP contribution is -2.18. The average Bonchev–Trinajstić information content (AvgIpc) is 3.16. The van der Waals surface area contributed by atoms with E-state index in [1.165, 1.54) is 37.4 Å². The van der Waals surface area contributed by atoms with E-state index in [0.29, 0.717) is 19.6 Å². The molecular weight excluding hydrogens is 409 g/mol. The Labute approximate surface area is 167 Å². The van der Waals surface area contributed by atoms with Crippen molar-refractivity contribution in [1.82, 2.24) is 0 Å². The van der Waals surface area contributed by atoms with E-state index in [9.17, 15) is 17.6 Å². The molecule has 0 aliphatic carbocycles. The van der Waals surface area contributed by atoms with Crippen LogP contribution in [0.3, 0.4) is 0 Å². The molecule has 1 amide bonds. The van der Waals surface area contributed by atoms with E-state index in [-0.39, 0.29) is 38.6 Å². The fourth-order valence-electron chi connectivity index (χ4n) is 2.98. The summed E-state index contributed by atoms with van der Waals surface area (Å²) in [4.78, 5) is 12.7. The maximum atomic E-state index is 14.0. The second kappa shape index (κ2) is 8.46. The van der Waals surface area contributed by atoms with Crippen molar-refractivity contribution in [2.45, 2.75) is 11.3 Å². The maximum Gasteiger partial charge on any atom is 0.259 e. The van der Waals surface area contributed by atoms with Gasteiger partial charge in [0.1, 0.15) is 11.6 Å². The second-order valence-electron chi connectivity index (χ2n) is 6.42. The van der Waals surface area contributed by atoms with Gasteiger partial charge in [-0.3, -0.25) is 4.79 Å². The fourth-order valence-corrected chi connectivity index (χ4v) is 4.84. The molecule has 2 aromatic rings. The molecule has 1 fully saturated rings. The minimum atomic E-state index is -3.63. The lowest BCUT2D eigenvalue weighted by molar-refractivity contribution is 0.102. The zero-order chi connectivity index (χ0) is 20.3. The molecule has 1 aliphatic heterocycles. The Morgan fingerprint density at radius 1 is 1.36 bits per heavy atom. The minimum absolute atomic E-state index is 0.00928. The van der Waals surface area contributed by atoms with E-state index in [1.807, 2.05) is 0 Å². The molecule has 9 heteroatoms. The summed E-state index contributed by atoms with van der Waals surface area (Å²) in [5.74, 6) is -1.43. The zero-order valence-electron chi connectivity index (χ0n) is 15.1. The van der Waals surface area contributed by atoms with Crippen LogP contribution in [0.5, 0.6) is 5.75 Å². The van der Waals surface area contributed by atoms with Crippen LogP contribution in [0.4, 0.5) is 10.1 Å². The van der Waals surface area contributed by atoms with Gasteiger partial charge in [-0.15, -0.1) is 0 Å². The standard InChI is InChI=1S/C19H19ClFNO5S/c1-26-17-6-5-13(28(24,25)11-12-7-8-27-10-12)9-14(17)19(23)22-18-15(20)3-2-4-16(18)21/h2-6,9,12H,7-8,10-11H2,1H3,(H,22,23)/t12-/m0/s1. The number of rotatable bonds is 6. The molecule has 1 heterocycles. The van der Waals surface area contributed by atoms with Gasteiger partial charge in [0.05, 0.1) is 40.6 Å². The predicted octanol–water partition coefficient (Wildman–Crippen LogP) is 3.55. The lowest BCUT2D eigenvalue weighted by Gasteiger charge is -2.14. The molecule has 2 aromatic carbocycles. The number of amides is 1. The minimum Gasteiger partial charge on any atom is -0.496 e. The highest BCUT2D eigenvalue weighted by molar-refractivity contribution is 7.91. The summed E-state index contributed by atoms with van der Waals surface area (Å²) in [6, 6.07) is 8.01. The Morgan fingerprint density at radius 2 is 2.14 bits per heavy atom. The monoisotopic (exact) mass is 427 g/mol. The van der Waals surface area contributed by atoms with Crippen LogP contribution in [-0.2, 0) is 14.6 Å². The highest BCUT2D eigenvalue weighted by atomic mass is 35.5. The first-order valence-corrected chi connectivity index (χ1v) is 10.6. The van der Waals surface area contributed by atoms with Crippen LogP contribution in [0.25, 0.3) is 0 Å². The number of sulfone groups is 1. The van der Waals surface area contributed by atoms with Crippen LogP contribution in [0.2, 0.25) is 5.02 Å². The third kappa shape index (κ3) is 4.45. The number of nitrogens with one attached hydrogen (secondary N) is 1. The van der Waals surface area contributed by atoms with Crippen molar-refractivity contribution < 1.29 is 27.1 Å². The van der Waals surface area contributed by atoms with Crippen LogP contribution in [-0.4, -0.2) is 40.4 Å². The number of hydrogen-bond donors (Lipinski definition) is 1. The Hall–Kier alpha value is -2.16. The number of methoxy groups -OCH3 is 1. The smallest absolute Gasteiger partial charge is 0.259 e. The molecule has 3 rings (SSSR count). The van der Waals surface area contributed by atoms with E-state index in [4.69, 9.17) is 21.1 Å². The van der Waals surface area contributed by atoms with Gasteiger partial charge in [0.15, 0.2) is 9.84 Å². The Kier molecular flexibility index (Phi) is 6.22. The summed E-state index contributed by atoms with van der Waals surface area (Å²) >= 11 is 5.94. The predicted molar refractivity (Wildman–Crippen MR) is 103 cm³/mol. The fraction of sp³-hybridized carbons (Fsp3) is 0.316. The number of hydrogen-bond acceptors (Lipinski definition) is 5. The largest absolute Gasteiger partial charge is 0.496 e. The molecule has 0 radical (unpaired) electrons. The first kappa shape index (κ1) is 20.6. The summed E-state index contributed by atoms with van der Waals surface area (Å²) in [7, 11) is -2.28. The van der Waals surface area contributed by atoms with Crippen molar-refractivity contribution in [2.24, 2.45) is 5.92 Å². The summed E-state index contributed by atoms with van der Waals surface area (Å²) in [6.07, 6.45) is 0.675. The van der Waals surface area contributed by atoms with Crippen LogP contribution < -0.4 is 10.1 Å². The topological polar surface area (TPSA) is 81.7 Å². The van der Waals surface area contributed by atoms with Gasteiger partial charge >= 0.3 is 0 Å². The van der Waals surface area contributed by atoms with E-state index in [1.54, 1.807) is 0 Å². The second-order valence-corrected chi connectivity index (χ2v) is 8.87. The first-order chi connectivity index (χ1) is 13.3. The van der Waals surface area contributed by atoms with E-state index < -0.39 is 21.6 Å². The Bertz CT molecular complexity index is 970. The van der Waals surface area contributed by atoms with Crippen LogP contribution in [0.15, 0.2) is 41.3 Å². The first-order valence-electron chi connectivity index (χ1n) is 8.55. The van der Waals surface area contributed by atoms with Gasteiger partial charge in [-0.1, -0.05) is 17.7 Å². The summed E-state index contributed by atoms with van der Waals surface area (Å²) in [6.45, 7) is 0.939. The molecular formula is C19H19ClFNO5S. The SMILES string of the molecule is COc1ccc(S(=O)(=O)C[C@H]2CCOC2)cc1C(=O)Nc1c(F)cccc1Cl. The van der Waals surface area contributed by atoms with Gasteiger partial charge < -0.3 is 14.8 Å². The van der Waals surface area contributed by atoms with E-state index in [2.05, 4.69) is 5.32 Å². The van der Waals surface area contributed by atoms with Crippen molar-refractivity contribution in [3.8, 4) is 5.75 Å². The van der Waals surface area contributed by atoms with Crippen molar-refractivity contribution in [3.63, 3.8) is 0 Å². The van der Waals surface area contributed by atoms with Crippen molar-refractivity contribution >= 4 is 33.0 Å². The number of carbonyl (C=O) groups excluding carboxylic acids is 1. The Morgan fingerprint density at radius 3 is 2.79 bits per heavy atom. The average molecular weight is 428 g/mol. The molecule has 150 valence electrons. The molecule has 0 aromatic heterocycles. The maximum absolute atomic E-state index is 14.0. The quantitative estimate of drug-likeness (QED) is 0.762. The molecule has 28 heavy (non-hydrogen) atoms. The van der Waals surface area contributed by atoms with E-state index >= 15 is 0 Å². The number of benzene rings is 2. The summed E-state index contributed by atoms with van der Waals surface area (Å²) in [5.41, 5.74) is -0.224. The number of anilines is 1. The number of carbonyl (C=O) groups is 1. The van der Waals surface area contributed by atoms with Crippen LogP contribution >= 0.6 is 11.6 Å². The van der Waals surface area contributed by atoms with Crippen molar-refractivity contribution in [2.75, 3.05) is 31.4 Å². The zero-order valence-corrected chi connectivity index (χ0v) is 16.6. The van der Waals surface area contributed by atoms with Gasteiger partial charge in [0, 0.05) is 6.61 Å². The highest BCUT2D eigenvalue weighted by Gasteiger charge is 2.26. The Balaban J connectivity index is 1.91. The van der Waals surface area contributed by atoms with Gasteiger partial charge in [-0.05, 0) is 42.7 Å². The summed E-state index contributed by atoms with van der Waals surface area (Å²) < 4.78 is 49.8. The third-order valence-corrected chi connectivity index (χ3v) is 6.65. The third-order valence-electron chi connectivity index (χ3n) is 4.46. The van der Waals surface area contributed by atoms with Crippen LogP contribution in [0.1, 0.15) is 16.8 Å². The molecule has 1 atom stereocenters. The molecule has 1 saturated heterocycles. The molecule has 0 spiro atoms. The van der Waals surface area contributed by atoms with Gasteiger partial charge in [0.25, 0.3) is 5.91 Å². The number of halogens is 2. The van der Waals surface area contributed by atoms with Gasteiger partial charge in [-0.25, -0.2) is 12.8 Å². The highest BCUT2D eigenvalue weighted by Crippen LogP contribution is 2.29. The lowest BCUT2D eigenvalue weighted by atomic mass is 10.1. The van der Waals surface area contributed by atoms with Gasteiger partial charge in [-0.2, -0.15) is 0 Å². The van der Waals surface area contributed by atoms with Crippen molar-refractivity contribution in [3.05, 3.63) is 52.8 Å². The summed E-state index contributed by atoms with van der Waals surface area (Å²) in [5, 5.41) is 2.41. The van der Waals surface area contributed by atoms with Gasteiger partial charge in [0.2, 0.25) is 0 Å². The van der Waals surface area contributed by atoms with Crippen molar-refractivity contribution in [1.29, 1.82) is 0 Å². The molecule has 1 aliphatic rings. The molecule has 0 saturated carbocycles.